The third kappa shape index (κ3) is 4.33. The Hall–Kier alpha value is -2.04. The number of hydrogen-bond donors (Lipinski definition) is 3. The summed E-state index contributed by atoms with van der Waals surface area (Å²) in [6, 6.07) is 0.168. The number of amides is 2. The molecule has 25 heavy (non-hydrogen) atoms. The van der Waals surface area contributed by atoms with Crippen molar-refractivity contribution in [3.05, 3.63) is 0 Å². The highest BCUT2D eigenvalue weighted by Gasteiger charge is 2.46. The lowest BCUT2D eigenvalue weighted by Crippen LogP contribution is -2.50. The Bertz CT molecular complexity index is 542. The maximum Gasteiger partial charge on any atom is 0.490 e. The van der Waals surface area contributed by atoms with Gasteiger partial charge >= 0.3 is 24.1 Å². The fourth-order valence-electron chi connectivity index (χ4n) is 3.52. The summed E-state index contributed by atoms with van der Waals surface area (Å²) in [5.41, 5.74) is 0. The molecule has 1 aliphatic carbocycles. The van der Waals surface area contributed by atoms with Crippen LogP contribution < -0.4 is 5.32 Å². The number of rotatable bonds is 2. The summed E-state index contributed by atoms with van der Waals surface area (Å²) in [6.45, 7) is 3.08. The van der Waals surface area contributed by atoms with Crippen LogP contribution in [-0.4, -0.2) is 82.4 Å². The van der Waals surface area contributed by atoms with E-state index in [1.165, 1.54) is 0 Å². The number of nitrogens with zero attached hydrogens (tertiary/aromatic N) is 2. The van der Waals surface area contributed by atoms with Crippen molar-refractivity contribution in [3.63, 3.8) is 0 Å². The summed E-state index contributed by atoms with van der Waals surface area (Å²) in [7, 11) is 0. The number of halogens is 3. The maximum atomic E-state index is 12.3. The van der Waals surface area contributed by atoms with Crippen LogP contribution in [0.3, 0.4) is 0 Å². The van der Waals surface area contributed by atoms with E-state index >= 15 is 0 Å². The number of carbonyl (C=O) groups excluding carboxylic acids is 1. The molecule has 3 N–H and O–H groups in total. The van der Waals surface area contributed by atoms with Crippen molar-refractivity contribution in [2.45, 2.75) is 37.5 Å². The van der Waals surface area contributed by atoms with E-state index in [1.54, 1.807) is 0 Å². The minimum atomic E-state index is -5.08. The Morgan fingerprint density at radius 1 is 1.16 bits per heavy atom. The molecule has 3 aliphatic rings. The number of alkyl halides is 3. The average molecular weight is 367 g/mol. The van der Waals surface area contributed by atoms with Crippen LogP contribution in [0.15, 0.2) is 0 Å². The Morgan fingerprint density at radius 3 is 2.32 bits per heavy atom. The molecule has 0 spiro atoms. The van der Waals surface area contributed by atoms with Gasteiger partial charge in [-0.05, 0) is 12.8 Å². The van der Waals surface area contributed by atoms with Crippen LogP contribution in [0.1, 0.15) is 19.3 Å². The van der Waals surface area contributed by atoms with E-state index in [4.69, 9.17) is 9.90 Å². The SMILES string of the molecule is O=C(O)C(F)(F)F.O=C(O)[C@@H]1CCC[C@@H]1N1C[C@@H]2CNCCN2C1=O. The van der Waals surface area contributed by atoms with Gasteiger partial charge in [-0.1, -0.05) is 6.42 Å². The van der Waals surface area contributed by atoms with E-state index in [1.807, 2.05) is 9.80 Å². The van der Waals surface area contributed by atoms with Gasteiger partial charge < -0.3 is 25.3 Å². The molecule has 2 amide bonds. The minimum absolute atomic E-state index is 0.0413. The monoisotopic (exact) mass is 367 g/mol. The van der Waals surface area contributed by atoms with E-state index in [-0.39, 0.29) is 24.0 Å². The van der Waals surface area contributed by atoms with E-state index < -0.39 is 18.1 Å². The second-order valence-corrected chi connectivity index (χ2v) is 6.23. The summed E-state index contributed by atoms with van der Waals surface area (Å²) < 4.78 is 31.7. The fourth-order valence-corrected chi connectivity index (χ4v) is 3.52. The zero-order valence-corrected chi connectivity index (χ0v) is 13.3. The number of piperazine rings is 1. The molecule has 2 heterocycles. The molecular weight excluding hydrogens is 347 g/mol. The van der Waals surface area contributed by atoms with E-state index in [0.29, 0.717) is 13.0 Å². The van der Waals surface area contributed by atoms with Crippen molar-refractivity contribution >= 4 is 18.0 Å². The number of carboxylic acid groups (broad SMARTS) is 2. The first-order valence-corrected chi connectivity index (χ1v) is 7.93. The van der Waals surface area contributed by atoms with E-state index in [0.717, 1.165) is 32.5 Å². The molecule has 3 fully saturated rings. The topological polar surface area (TPSA) is 110 Å². The molecule has 0 aromatic rings. The van der Waals surface area contributed by atoms with Crippen molar-refractivity contribution in [2.75, 3.05) is 26.2 Å². The van der Waals surface area contributed by atoms with Gasteiger partial charge in [0.1, 0.15) is 0 Å². The highest BCUT2D eigenvalue weighted by Crippen LogP contribution is 2.33. The number of aliphatic carboxylic acids is 2. The number of carboxylic acids is 2. The van der Waals surface area contributed by atoms with Crippen LogP contribution in [0.5, 0.6) is 0 Å². The zero-order chi connectivity index (χ0) is 18.8. The van der Waals surface area contributed by atoms with Gasteiger partial charge in [-0.15, -0.1) is 0 Å². The lowest BCUT2D eigenvalue weighted by molar-refractivity contribution is -0.192. The van der Waals surface area contributed by atoms with E-state index in [2.05, 4.69) is 5.32 Å². The lowest BCUT2D eigenvalue weighted by Gasteiger charge is -2.29. The molecule has 3 rings (SSSR count). The molecule has 0 bridgehead atoms. The largest absolute Gasteiger partial charge is 0.490 e. The molecule has 0 aromatic carbocycles. The standard InChI is InChI=1S/C12H19N3O3.C2HF3O2/c16-11(17)9-2-1-3-10(9)15-7-8-6-13-4-5-14(8)12(15)18;3-2(4,5)1(6)7/h8-10,13H,1-7H2,(H,16,17);(H,6,7)/t8-,9+,10-;/m0./s1. The summed E-state index contributed by atoms with van der Waals surface area (Å²) in [5.74, 6) is -3.89. The van der Waals surface area contributed by atoms with Crippen LogP contribution in [-0.2, 0) is 9.59 Å². The number of nitrogens with one attached hydrogen (secondary N) is 1. The molecule has 11 heteroatoms. The minimum Gasteiger partial charge on any atom is -0.481 e. The van der Waals surface area contributed by atoms with Crippen LogP contribution >= 0.6 is 0 Å². The molecular formula is C14H20F3N3O5. The van der Waals surface area contributed by atoms with Gasteiger partial charge in [0.25, 0.3) is 0 Å². The molecule has 3 atom stereocenters. The van der Waals surface area contributed by atoms with Crippen LogP contribution in [0.25, 0.3) is 0 Å². The average Bonchev–Trinajstić information content (AvgIpc) is 3.12. The molecule has 2 saturated heterocycles. The smallest absolute Gasteiger partial charge is 0.481 e. The van der Waals surface area contributed by atoms with Crippen molar-refractivity contribution in [1.82, 2.24) is 15.1 Å². The Balaban J connectivity index is 0.000000277. The Kier molecular flexibility index (Phi) is 5.76. The van der Waals surface area contributed by atoms with Crippen LogP contribution in [0, 0.1) is 5.92 Å². The third-order valence-electron chi connectivity index (χ3n) is 4.69. The number of hydrogen-bond acceptors (Lipinski definition) is 4. The molecule has 8 nitrogen and oxygen atoms in total. The first-order valence-electron chi connectivity index (χ1n) is 7.93. The number of carbonyl (C=O) groups is 3. The van der Waals surface area contributed by atoms with Gasteiger partial charge in [-0.3, -0.25) is 4.79 Å². The predicted octanol–water partition coefficient (Wildman–Crippen LogP) is 0.582. The Morgan fingerprint density at radius 2 is 1.80 bits per heavy atom. The number of urea groups is 1. The molecule has 2 aliphatic heterocycles. The maximum absolute atomic E-state index is 12.3. The normalized spacial score (nSPS) is 29.1. The van der Waals surface area contributed by atoms with Gasteiger partial charge in [0, 0.05) is 32.2 Å². The van der Waals surface area contributed by atoms with Crippen molar-refractivity contribution < 1.29 is 37.8 Å². The fraction of sp³-hybridized carbons (Fsp3) is 0.786. The molecule has 142 valence electrons. The van der Waals surface area contributed by atoms with Crippen molar-refractivity contribution in [2.24, 2.45) is 5.92 Å². The predicted molar refractivity (Wildman–Crippen MR) is 77.9 cm³/mol. The highest BCUT2D eigenvalue weighted by atomic mass is 19.4. The van der Waals surface area contributed by atoms with Gasteiger partial charge in [0.15, 0.2) is 0 Å². The summed E-state index contributed by atoms with van der Waals surface area (Å²) in [5, 5.41) is 19.6. The van der Waals surface area contributed by atoms with Gasteiger partial charge in [0.2, 0.25) is 0 Å². The molecule has 1 saturated carbocycles. The number of fused-ring (bicyclic) bond motifs is 1. The summed E-state index contributed by atoms with van der Waals surface area (Å²) in [6.07, 6.45) is -2.64. The highest BCUT2D eigenvalue weighted by molar-refractivity contribution is 5.79. The van der Waals surface area contributed by atoms with Crippen molar-refractivity contribution in [1.29, 1.82) is 0 Å². The quantitative estimate of drug-likeness (QED) is 0.659. The summed E-state index contributed by atoms with van der Waals surface area (Å²) >= 11 is 0. The summed E-state index contributed by atoms with van der Waals surface area (Å²) in [4.78, 5) is 36.2. The molecule has 0 radical (unpaired) electrons. The van der Waals surface area contributed by atoms with Crippen molar-refractivity contribution in [3.8, 4) is 0 Å². The zero-order valence-electron chi connectivity index (χ0n) is 13.3. The molecule has 0 aromatic heterocycles. The first-order chi connectivity index (χ1) is 11.6. The second kappa shape index (κ2) is 7.46. The Labute approximate surface area is 141 Å². The van der Waals surface area contributed by atoms with E-state index in [9.17, 15) is 27.9 Å². The third-order valence-corrected chi connectivity index (χ3v) is 4.69. The van der Waals surface area contributed by atoms with Crippen LogP contribution in [0.4, 0.5) is 18.0 Å². The second-order valence-electron chi connectivity index (χ2n) is 6.23. The van der Waals surface area contributed by atoms with Gasteiger partial charge in [-0.2, -0.15) is 13.2 Å². The molecule has 0 unspecified atom stereocenters. The first kappa shape index (κ1) is 19.3. The van der Waals surface area contributed by atoms with Gasteiger partial charge in [0.05, 0.1) is 12.0 Å². The van der Waals surface area contributed by atoms with Gasteiger partial charge in [-0.25, -0.2) is 9.59 Å². The van der Waals surface area contributed by atoms with Crippen LogP contribution in [0.2, 0.25) is 0 Å². The lowest BCUT2D eigenvalue weighted by atomic mass is 10.0.